The SMILES string of the molecule is CC(=O)NC1C(OCCCCC(=O)NCCCNC(=O)CCOCC(COCCC(=O)NCCCNC(=O)CCCCOC2OC(COC(C)=O)C(OC(C)=O)C(OC(C)=O)C2NC(C)=O)(COCCC(=O)NCCCNC(=O)CCCCOC2OC(COC(C)=O)C(OC(C)=O)C(OC(C)=O)C2NC(C)=O)NC(=O)CCCCCCCCCCC(=O)OCc2ccccc2)OC(COC(C)=O)C(OC(C)=O)C1OC(C)=O. The molecule has 15 atom stereocenters. The van der Waals surface area contributed by atoms with Gasteiger partial charge in [0.1, 0.15) is 68.4 Å². The Morgan fingerprint density at radius 2 is 0.531 bits per heavy atom. The molecular formula is C98H154N10O39. The highest BCUT2D eigenvalue weighted by Crippen LogP contribution is 2.33. The monoisotopic (exact) mass is 2100 g/mol. The maximum Gasteiger partial charge on any atom is 0.306 e. The van der Waals surface area contributed by atoms with Crippen molar-refractivity contribution >= 4 is 119 Å². The molecule has 1 aromatic rings. The van der Waals surface area contributed by atoms with Crippen molar-refractivity contribution in [3.05, 3.63) is 35.9 Å². The van der Waals surface area contributed by atoms with Crippen molar-refractivity contribution in [3.8, 4) is 0 Å². The summed E-state index contributed by atoms with van der Waals surface area (Å²) in [6.07, 6.45) is -6.02. The molecule has 0 aliphatic carbocycles. The number of unbranched alkanes of at least 4 members (excludes halogenated alkanes) is 10. The van der Waals surface area contributed by atoms with Gasteiger partial charge < -0.3 is 143 Å². The molecule has 830 valence electrons. The van der Waals surface area contributed by atoms with Crippen LogP contribution in [0.25, 0.3) is 0 Å². The summed E-state index contributed by atoms with van der Waals surface area (Å²) in [5.41, 5.74) is -0.583. The van der Waals surface area contributed by atoms with Crippen LogP contribution in [0.1, 0.15) is 249 Å². The minimum absolute atomic E-state index is 0.0168. The van der Waals surface area contributed by atoms with Crippen LogP contribution < -0.4 is 53.2 Å². The third-order valence-electron chi connectivity index (χ3n) is 22.2. The van der Waals surface area contributed by atoms with Crippen LogP contribution in [0.15, 0.2) is 30.3 Å². The number of ether oxygens (including phenoxy) is 19. The van der Waals surface area contributed by atoms with Gasteiger partial charge in [0.25, 0.3) is 0 Å². The van der Waals surface area contributed by atoms with E-state index in [1.54, 1.807) is 0 Å². The van der Waals surface area contributed by atoms with Crippen LogP contribution in [-0.2, 0) is 192 Å². The molecule has 10 N–H and O–H groups in total. The quantitative estimate of drug-likeness (QED) is 0.0254. The number of carbonyl (C=O) groups is 20. The maximum atomic E-state index is 14.2. The Morgan fingerprint density at radius 3 is 0.810 bits per heavy atom. The van der Waals surface area contributed by atoms with Gasteiger partial charge in [0.05, 0.1) is 39.6 Å². The standard InChI is InChI=1S/C98H154N10O39/c1-62(109)105-86-92(142-71(10)118)89(139-68(7)115)75(56-135-65(4)112)145-95(86)132-49-27-24-35-78(121)99-43-30-46-102-81(124)40-52-129-59-98(108-84(127)38-22-17-15-13-14-16-18-23-39-85(128)138-55-74-33-20-19-21-34-74,60-130-53-41-82(125)103-47-31-44-100-79(122)36-25-28-50-133-96-87(106-63(2)110)93(143-72(11)119)90(140-69(8)116)76(146-96)57-136-66(5)113)61-131-54-42-83(126)104-48-32-45-101-80(123)37-26-29-51-134-97-88(107-64(3)111)94(144-73(12)120)91(141-70(9)117)77(147-97)58-137-67(6)114/h19-21,33-34,75-77,86-97H,13-18,22-32,35-61H2,1-12H3,(H,99,121)(H,100,122)(H,101,123)(H,102,124)(H,103,125)(H,104,126)(H,105,109)(H,106,110)(H,107,111)(H,108,127). The zero-order valence-corrected chi connectivity index (χ0v) is 86.6. The van der Waals surface area contributed by atoms with Crippen LogP contribution in [0, 0.1) is 0 Å². The predicted octanol–water partition coefficient (Wildman–Crippen LogP) is 2.10. The van der Waals surface area contributed by atoms with E-state index in [1.807, 2.05) is 30.3 Å². The number of esters is 10. The highest BCUT2D eigenvalue weighted by atomic mass is 16.7. The highest BCUT2D eigenvalue weighted by Gasteiger charge is 2.55. The number of hydrogen-bond donors (Lipinski definition) is 10. The van der Waals surface area contributed by atoms with Crippen LogP contribution in [0.3, 0.4) is 0 Å². The van der Waals surface area contributed by atoms with Crippen LogP contribution in [0.2, 0.25) is 0 Å². The molecule has 4 rings (SSSR count). The highest BCUT2D eigenvalue weighted by molar-refractivity contribution is 5.80. The molecule has 3 aliphatic rings. The molecular weight excluding hydrogens is 1940 g/mol. The molecule has 3 fully saturated rings. The Bertz CT molecular complexity index is 3940. The number of rotatable bonds is 74. The summed E-state index contributed by atoms with van der Waals surface area (Å²) in [5.74, 6) is -11.1. The summed E-state index contributed by atoms with van der Waals surface area (Å²) in [7, 11) is 0. The Hall–Kier alpha value is -11.7. The van der Waals surface area contributed by atoms with E-state index in [9.17, 15) is 95.9 Å². The molecule has 49 nitrogen and oxygen atoms in total. The van der Waals surface area contributed by atoms with Gasteiger partial charge in [-0.3, -0.25) is 95.9 Å². The Balaban J connectivity index is 1.39. The predicted molar refractivity (Wildman–Crippen MR) is 513 cm³/mol. The Labute approximate surface area is 856 Å². The fourth-order valence-electron chi connectivity index (χ4n) is 15.5. The first kappa shape index (κ1) is 128. The van der Waals surface area contributed by atoms with Gasteiger partial charge in [-0.05, 0) is 76.2 Å². The average Bonchev–Trinajstić information content (AvgIpc) is 0.792. The molecule has 3 saturated heterocycles. The van der Waals surface area contributed by atoms with Crippen molar-refractivity contribution in [2.75, 3.05) is 119 Å². The summed E-state index contributed by atoms with van der Waals surface area (Å²) in [6.45, 7) is 12.3. The fourth-order valence-corrected chi connectivity index (χ4v) is 15.5. The van der Waals surface area contributed by atoms with Gasteiger partial charge in [0, 0.05) is 194 Å². The van der Waals surface area contributed by atoms with Crippen molar-refractivity contribution in [2.24, 2.45) is 0 Å². The molecule has 147 heavy (non-hydrogen) atoms. The fraction of sp³-hybridized carbons (Fsp3) is 0.735. The Morgan fingerprint density at radius 1 is 0.272 bits per heavy atom. The van der Waals surface area contributed by atoms with E-state index in [1.165, 1.54) is 20.8 Å². The zero-order valence-electron chi connectivity index (χ0n) is 86.6. The lowest BCUT2D eigenvalue weighted by atomic mass is 9.96. The third-order valence-corrected chi connectivity index (χ3v) is 22.2. The second-order valence-corrected chi connectivity index (χ2v) is 35.5. The van der Waals surface area contributed by atoms with Crippen LogP contribution in [-0.4, -0.2) is 335 Å². The first-order chi connectivity index (χ1) is 70.1. The Kier molecular flexibility index (Phi) is 63.7. The van der Waals surface area contributed by atoms with E-state index in [4.69, 9.17) is 90.0 Å². The third kappa shape index (κ3) is 57.4. The number of hydrogen-bond acceptors (Lipinski definition) is 39. The van der Waals surface area contributed by atoms with Crippen LogP contribution >= 0.6 is 0 Å². The molecule has 0 bridgehead atoms. The van der Waals surface area contributed by atoms with E-state index in [2.05, 4.69) is 53.2 Å². The molecule has 10 amide bonds. The maximum absolute atomic E-state index is 14.2. The van der Waals surface area contributed by atoms with E-state index in [-0.39, 0.29) is 174 Å². The molecule has 15 unspecified atom stereocenters. The number of benzene rings is 1. The van der Waals surface area contributed by atoms with Crippen LogP contribution in [0.4, 0.5) is 0 Å². The van der Waals surface area contributed by atoms with E-state index in [0.29, 0.717) is 83.5 Å². The first-order valence-corrected chi connectivity index (χ1v) is 50.0. The summed E-state index contributed by atoms with van der Waals surface area (Å²) in [5, 5.41) is 27.7. The molecule has 1 aromatic carbocycles. The lowest BCUT2D eigenvalue weighted by molar-refractivity contribution is -0.277. The summed E-state index contributed by atoms with van der Waals surface area (Å²) in [4.78, 5) is 251. The lowest BCUT2D eigenvalue weighted by Gasteiger charge is -2.44. The summed E-state index contributed by atoms with van der Waals surface area (Å²) < 4.78 is 108. The second kappa shape index (κ2) is 73.4. The normalized spacial score (nSPS) is 20.7. The van der Waals surface area contributed by atoms with Crippen molar-refractivity contribution in [1.82, 2.24) is 53.2 Å². The van der Waals surface area contributed by atoms with Crippen molar-refractivity contribution in [3.63, 3.8) is 0 Å². The van der Waals surface area contributed by atoms with Crippen molar-refractivity contribution in [1.29, 1.82) is 0 Å². The minimum atomic E-state index is -1.49. The van der Waals surface area contributed by atoms with Crippen LogP contribution in [0.5, 0.6) is 0 Å². The largest absolute Gasteiger partial charge is 0.463 e. The smallest absolute Gasteiger partial charge is 0.306 e. The van der Waals surface area contributed by atoms with E-state index < -0.39 is 212 Å². The summed E-state index contributed by atoms with van der Waals surface area (Å²) >= 11 is 0. The van der Waals surface area contributed by atoms with E-state index >= 15 is 0 Å². The van der Waals surface area contributed by atoms with Gasteiger partial charge in [-0.1, -0.05) is 68.9 Å². The van der Waals surface area contributed by atoms with Gasteiger partial charge >= 0.3 is 59.7 Å². The van der Waals surface area contributed by atoms with Gasteiger partial charge in [0.15, 0.2) is 55.5 Å². The molecule has 0 radical (unpaired) electrons. The molecule has 3 heterocycles. The molecule has 0 spiro atoms. The minimum Gasteiger partial charge on any atom is -0.463 e. The molecule has 0 saturated carbocycles. The molecule has 0 aromatic heterocycles. The van der Waals surface area contributed by atoms with E-state index in [0.717, 1.165) is 100.0 Å². The van der Waals surface area contributed by atoms with Gasteiger partial charge in [-0.25, -0.2) is 0 Å². The van der Waals surface area contributed by atoms with Gasteiger partial charge in [-0.15, -0.1) is 0 Å². The topological polar surface area (TPSA) is 637 Å². The van der Waals surface area contributed by atoms with Crippen molar-refractivity contribution < 1.29 is 186 Å². The lowest BCUT2D eigenvalue weighted by Crippen LogP contribution is -2.66. The first-order valence-electron chi connectivity index (χ1n) is 50.0. The molecule has 3 aliphatic heterocycles. The van der Waals surface area contributed by atoms with Gasteiger partial charge in [0.2, 0.25) is 59.1 Å². The second-order valence-electron chi connectivity index (χ2n) is 35.5. The van der Waals surface area contributed by atoms with Crippen molar-refractivity contribution in [2.45, 2.75) is 348 Å². The van der Waals surface area contributed by atoms with Gasteiger partial charge in [-0.2, -0.15) is 0 Å². The number of amides is 10. The zero-order chi connectivity index (χ0) is 108. The molecule has 49 heteroatoms. The average molecular weight is 2100 g/mol. The number of nitrogens with one attached hydrogen (secondary N) is 10. The number of carbonyl (C=O) groups excluding carboxylic acids is 20. The summed E-state index contributed by atoms with van der Waals surface area (Å²) in [6, 6.07) is 5.89.